The van der Waals surface area contributed by atoms with Crippen LogP contribution in [0.2, 0.25) is 0 Å². The number of rotatable bonds is 2. The molecule has 1 fully saturated rings. The SMILES string of the molecule is Cn1c(N2CCOCC2)nc(Br)c1C=O. The minimum atomic E-state index is 0.566. The second kappa shape index (κ2) is 4.32. The molecule has 1 saturated heterocycles. The molecule has 1 aliphatic heterocycles. The van der Waals surface area contributed by atoms with Gasteiger partial charge in [-0.1, -0.05) is 0 Å². The van der Waals surface area contributed by atoms with E-state index in [1.165, 1.54) is 0 Å². The van der Waals surface area contributed by atoms with Crippen LogP contribution in [-0.4, -0.2) is 42.1 Å². The summed E-state index contributed by atoms with van der Waals surface area (Å²) < 4.78 is 7.66. The molecule has 6 heteroatoms. The first kappa shape index (κ1) is 10.6. The molecule has 2 rings (SSSR count). The monoisotopic (exact) mass is 273 g/mol. The normalized spacial score (nSPS) is 16.8. The molecule has 1 aromatic rings. The zero-order valence-corrected chi connectivity index (χ0v) is 10.0. The quantitative estimate of drug-likeness (QED) is 0.749. The Balaban J connectivity index is 2.31. The summed E-state index contributed by atoms with van der Waals surface area (Å²) in [5.74, 6) is 0.812. The lowest BCUT2D eigenvalue weighted by Gasteiger charge is -2.27. The van der Waals surface area contributed by atoms with E-state index in [4.69, 9.17) is 4.74 Å². The Morgan fingerprint density at radius 2 is 2.13 bits per heavy atom. The van der Waals surface area contributed by atoms with Gasteiger partial charge in [-0.15, -0.1) is 0 Å². The van der Waals surface area contributed by atoms with Crippen molar-refractivity contribution in [2.75, 3.05) is 31.2 Å². The number of aldehydes is 1. The van der Waals surface area contributed by atoms with Gasteiger partial charge in [0.2, 0.25) is 5.95 Å². The molecule has 0 spiro atoms. The molecule has 1 aromatic heterocycles. The van der Waals surface area contributed by atoms with Gasteiger partial charge in [-0.3, -0.25) is 4.79 Å². The van der Waals surface area contributed by atoms with Gasteiger partial charge in [0.05, 0.1) is 13.2 Å². The lowest BCUT2D eigenvalue weighted by atomic mass is 10.4. The molecule has 2 heterocycles. The Hall–Kier alpha value is -0.880. The van der Waals surface area contributed by atoms with Crippen molar-refractivity contribution >= 4 is 28.2 Å². The van der Waals surface area contributed by atoms with E-state index in [1.807, 2.05) is 7.05 Å². The zero-order valence-electron chi connectivity index (χ0n) is 8.44. The molecule has 15 heavy (non-hydrogen) atoms. The minimum absolute atomic E-state index is 0.566. The number of anilines is 1. The number of morpholine rings is 1. The Morgan fingerprint density at radius 1 is 1.47 bits per heavy atom. The van der Waals surface area contributed by atoms with E-state index in [-0.39, 0.29) is 0 Å². The maximum absolute atomic E-state index is 10.8. The molecule has 0 bridgehead atoms. The van der Waals surface area contributed by atoms with Gasteiger partial charge in [-0.25, -0.2) is 4.98 Å². The van der Waals surface area contributed by atoms with Gasteiger partial charge < -0.3 is 14.2 Å². The van der Waals surface area contributed by atoms with Crippen molar-refractivity contribution in [2.24, 2.45) is 7.05 Å². The van der Waals surface area contributed by atoms with Gasteiger partial charge in [0.15, 0.2) is 6.29 Å². The second-order valence-corrected chi connectivity index (χ2v) is 4.12. The van der Waals surface area contributed by atoms with Crippen LogP contribution in [-0.2, 0) is 11.8 Å². The number of carbonyl (C=O) groups excluding carboxylic acids is 1. The number of nitrogens with zero attached hydrogens (tertiary/aromatic N) is 3. The molecular weight excluding hydrogens is 262 g/mol. The highest BCUT2D eigenvalue weighted by atomic mass is 79.9. The molecule has 0 radical (unpaired) electrons. The van der Waals surface area contributed by atoms with Crippen LogP contribution < -0.4 is 4.90 Å². The van der Waals surface area contributed by atoms with Crippen LogP contribution in [0, 0.1) is 0 Å². The summed E-state index contributed by atoms with van der Waals surface area (Å²) >= 11 is 3.27. The van der Waals surface area contributed by atoms with Crippen LogP contribution in [0.4, 0.5) is 5.95 Å². The van der Waals surface area contributed by atoms with E-state index < -0.39 is 0 Å². The van der Waals surface area contributed by atoms with Crippen molar-refractivity contribution in [3.05, 3.63) is 10.3 Å². The molecule has 0 unspecified atom stereocenters. The van der Waals surface area contributed by atoms with Gasteiger partial charge in [0.1, 0.15) is 10.3 Å². The third kappa shape index (κ3) is 1.91. The number of aromatic nitrogens is 2. The molecule has 0 atom stereocenters. The van der Waals surface area contributed by atoms with Crippen molar-refractivity contribution in [2.45, 2.75) is 0 Å². The van der Waals surface area contributed by atoms with Gasteiger partial charge >= 0.3 is 0 Å². The predicted molar refractivity (Wildman–Crippen MR) is 59.3 cm³/mol. The standard InChI is InChI=1S/C9H12BrN3O2/c1-12-7(6-14)8(10)11-9(12)13-2-4-15-5-3-13/h6H,2-5H2,1H3. The van der Waals surface area contributed by atoms with Crippen molar-refractivity contribution in [3.63, 3.8) is 0 Å². The van der Waals surface area contributed by atoms with Gasteiger partial charge in [-0.05, 0) is 15.9 Å². The number of hydrogen-bond donors (Lipinski definition) is 0. The zero-order chi connectivity index (χ0) is 10.8. The Bertz CT molecular complexity index is 372. The first-order chi connectivity index (χ1) is 7.24. The highest BCUT2D eigenvalue weighted by Crippen LogP contribution is 2.21. The number of ether oxygens (including phenoxy) is 1. The second-order valence-electron chi connectivity index (χ2n) is 3.36. The van der Waals surface area contributed by atoms with E-state index in [0.29, 0.717) is 23.5 Å². The lowest BCUT2D eigenvalue weighted by molar-refractivity contribution is 0.111. The van der Waals surface area contributed by atoms with Crippen LogP contribution in [0.1, 0.15) is 10.5 Å². The summed E-state index contributed by atoms with van der Waals surface area (Å²) in [6, 6.07) is 0. The van der Waals surface area contributed by atoms with Crippen molar-refractivity contribution in [1.82, 2.24) is 9.55 Å². The summed E-state index contributed by atoms with van der Waals surface area (Å²) in [7, 11) is 1.84. The van der Waals surface area contributed by atoms with Gasteiger partial charge in [0.25, 0.3) is 0 Å². The molecule has 0 aliphatic carbocycles. The minimum Gasteiger partial charge on any atom is -0.378 e. The van der Waals surface area contributed by atoms with E-state index >= 15 is 0 Å². The molecular formula is C9H12BrN3O2. The average molecular weight is 274 g/mol. The number of imidazole rings is 1. The van der Waals surface area contributed by atoms with Gasteiger partial charge in [0, 0.05) is 20.1 Å². The molecule has 0 amide bonds. The lowest BCUT2D eigenvalue weighted by Crippen LogP contribution is -2.37. The van der Waals surface area contributed by atoms with E-state index in [2.05, 4.69) is 25.8 Å². The van der Waals surface area contributed by atoms with E-state index in [9.17, 15) is 4.79 Å². The fourth-order valence-corrected chi connectivity index (χ4v) is 2.16. The summed E-state index contributed by atoms with van der Waals surface area (Å²) in [5, 5.41) is 0. The Morgan fingerprint density at radius 3 is 2.67 bits per heavy atom. The third-order valence-corrected chi connectivity index (χ3v) is 3.06. The van der Waals surface area contributed by atoms with Crippen LogP contribution in [0.25, 0.3) is 0 Å². The third-order valence-electron chi connectivity index (χ3n) is 2.48. The number of hydrogen-bond acceptors (Lipinski definition) is 4. The number of carbonyl (C=O) groups is 1. The largest absolute Gasteiger partial charge is 0.378 e. The van der Waals surface area contributed by atoms with Crippen LogP contribution in [0.15, 0.2) is 4.60 Å². The highest BCUT2D eigenvalue weighted by molar-refractivity contribution is 9.10. The van der Waals surface area contributed by atoms with Crippen LogP contribution in [0.3, 0.4) is 0 Å². The predicted octanol–water partition coefficient (Wildman–Crippen LogP) is 0.832. The summed E-state index contributed by atoms with van der Waals surface area (Å²) in [6.07, 6.45) is 0.807. The molecule has 0 aromatic carbocycles. The van der Waals surface area contributed by atoms with Crippen LogP contribution >= 0.6 is 15.9 Å². The molecule has 1 aliphatic rings. The summed E-state index contributed by atoms with van der Waals surface area (Å²) in [5.41, 5.74) is 0.566. The molecule has 5 nitrogen and oxygen atoms in total. The van der Waals surface area contributed by atoms with Crippen LogP contribution in [0.5, 0.6) is 0 Å². The van der Waals surface area contributed by atoms with Crippen molar-refractivity contribution in [3.8, 4) is 0 Å². The fourth-order valence-electron chi connectivity index (χ4n) is 1.64. The maximum Gasteiger partial charge on any atom is 0.207 e. The van der Waals surface area contributed by atoms with E-state index in [1.54, 1.807) is 4.57 Å². The smallest absolute Gasteiger partial charge is 0.207 e. The Labute approximate surface area is 96.2 Å². The average Bonchev–Trinajstić information content (AvgIpc) is 2.55. The fraction of sp³-hybridized carbons (Fsp3) is 0.556. The highest BCUT2D eigenvalue weighted by Gasteiger charge is 2.19. The molecule has 0 N–H and O–H groups in total. The molecule has 82 valence electrons. The topological polar surface area (TPSA) is 47.4 Å². The summed E-state index contributed by atoms with van der Waals surface area (Å²) in [4.78, 5) is 17.2. The van der Waals surface area contributed by atoms with Crippen molar-refractivity contribution in [1.29, 1.82) is 0 Å². The summed E-state index contributed by atoms with van der Waals surface area (Å²) in [6.45, 7) is 3.05. The number of halogens is 1. The first-order valence-electron chi connectivity index (χ1n) is 4.74. The Kier molecular flexibility index (Phi) is 3.06. The van der Waals surface area contributed by atoms with E-state index in [0.717, 1.165) is 25.3 Å². The van der Waals surface area contributed by atoms with Gasteiger partial charge in [-0.2, -0.15) is 0 Å². The molecule has 0 saturated carbocycles. The van der Waals surface area contributed by atoms with Crippen molar-refractivity contribution < 1.29 is 9.53 Å². The maximum atomic E-state index is 10.8. The first-order valence-corrected chi connectivity index (χ1v) is 5.53.